The Morgan fingerprint density at radius 2 is 1.70 bits per heavy atom. The van der Waals surface area contributed by atoms with Crippen molar-refractivity contribution >= 4 is 17.7 Å². The van der Waals surface area contributed by atoms with E-state index in [4.69, 9.17) is 14.2 Å². The molecular formula is C29H31FN2O5. The first-order valence-corrected chi connectivity index (χ1v) is 12.2. The zero-order valence-electron chi connectivity index (χ0n) is 21.4. The average Bonchev–Trinajstić information content (AvgIpc) is 2.91. The quantitative estimate of drug-likeness (QED) is 0.440. The summed E-state index contributed by atoms with van der Waals surface area (Å²) < 4.78 is 31.1. The van der Waals surface area contributed by atoms with Crippen LogP contribution in [0.25, 0.3) is 11.1 Å². The van der Waals surface area contributed by atoms with Crippen LogP contribution < -0.4 is 19.7 Å². The fourth-order valence-corrected chi connectivity index (χ4v) is 4.79. The molecule has 2 atom stereocenters. The van der Waals surface area contributed by atoms with Crippen LogP contribution >= 0.6 is 0 Å². The lowest BCUT2D eigenvalue weighted by molar-refractivity contribution is 0.0945. The van der Waals surface area contributed by atoms with Gasteiger partial charge < -0.3 is 19.5 Å². The predicted molar refractivity (Wildman–Crippen MR) is 140 cm³/mol. The maximum Gasteiger partial charge on any atom is 0.414 e. The van der Waals surface area contributed by atoms with Crippen molar-refractivity contribution in [2.75, 3.05) is 32.3 Å². The number of rotatable bonds is 7. The Morgan fingerprint density at radius 3 is 2.35 bits per heavy atom. The number of ether oxygens (including phenoxy) is 3. The number of carbonyl (C=O) groups is 2. The average molecular weight is 507 g/mol. The number of nitrogens with zero attached hydrogens (tertiary/aromatic N) is 1. The summed E-state index contributed by atoms with van der Waals surface area (Å²) in [4.78, 5) is 27.3. The molecule has 1 aliphatic heterocycles. The second kappa shape index (κ2) is 11.3. The molecule has 194 valence electrons. The second-order valence-electron chi connectivity index (χ2n) is 8.89. The first-order chi connectivity index (χ1) is 17.9. The molecule has 37 heavy (non-hydrogen) atoms. The van der Waals surface area contributed by atoms with Crippen LogP contribution in [0.4, 0.5) is 14.9 Å². The van der Waals surface area contributed by atoms with E-state index in [1.807, 2.05) is 43.3 Å². The molecule has 1 N–H and O–H groups in total. The third kappa shape index (κ3) is 5.38. The number of hydrogen-bond donors (Lipinski definition) is 1. The lowest BCUT2D eigenvalue weighted by atomic mass is 9.85. The van der Waals surface area contributed by atoms with E-state index >= 15 is 0 Å². The Morgan fingerprint density at radius 1 is 1.00 bits per heavy atom. The van der Waals surface area contributed by atoms with Gasteiger partial charge in [-0.25, -0.2) is 9.18 Å². The highest BCUT2D eigenvalue weighted by molar-refractivity contribution is 5.95. The van der Waals surface area contributed by atoms with Crippen molar-refractivity contribution in [3.63, 3.8) is 0 Å². The first-order valence-electron chi connectivity index (χ1n) is 12.2. The Labute approximate surface area is 216 Å². The van der Waals surface area contributed by atoms with Crippen LogP contribution in [-0.4, -0.2) is 45.4 Å². The van der Waals surface area contributed by atoms with Gasteiger partial charge in [0.25, 0.3) is 5.91 Å². The Bertz CT molecular complexity index is 1280. The van der Waals surface area contributed by atoms with E-state index in [9.17, 15) is 14.0 Å². The van der Waals surface area contributed by atoms with Gasteiger partial charge in [-0.05, 0) is 55.2 Å². The number of benzene rings is 3. The first kappa shape index (κ1) is 26.0. The van der Waals surface area contributed by atoms with Gasteiger partial charge in [0.2, 0.25) is 0 Å². The molecule has 0 aliphatic carbocycles. The normalized spacial score (nSPS) is 16.5. The van der Waals surface area contributed by atoms with Crippen LogP contribution in [0.15, 0.2) is 60.7 Å². The number of amides is 2. The van der Waals surface area contributed by atoms with Gasteiger partial charge in [-0.2, -0.15) is 0 Å². The van der Waals surface area contributed by atoms with E-state index in [2.05, 4.69) is 5.32 Å². The minimum Gasteiger partial charge on any atom is -0.493 e. The van der Waals surface area contributed by atoms with Gasteiger partial charge in [0.1, 0.15) is 5.82 Å². The molecule has 3 aromatic carbocycles. The van der Waals surface area contributed by atoms with Gasteiger partial charge in [-0.15, -0.1) is 0 Å². The van der Waals surface area contributed by atoms with Gasteiger partial charge >= 0.3 is 6.09 Å². The molecule has 0 radical (unpaired) electrons. The number of halogens is 1. The van der Waals surface area contributed by atoms with E-state index in [1.165, 1.54) is 26.4 Å². The molecule has 7 nitrogen and oxygen atoms in total. The molecule has 0 saturated carbocycles. The molecule has 3 aromatic rings. The highest BCUT2D eigenvalue weighted by Gasteiger charge is 2.36. The number of nitrogens with one attached hydrogen (secondary N) is 1. The van der Waals surface area contributed by atoms with E-state index in [0.717, 1.165) is 11.1 Å². The van der Waals surface area contributed by atoms with Crippen LogP contribution in [-0.2, 0) is 4.74 Å². The summed E-state index contributed by atoms with van der Waals surface area (Å²) in [6.45, 7) is 4.18. The Balaban J connectivity index is 1.58. The van der Waals surface area contributed by atoms with Crippen molar-refractivity contribution in [1.29, 1.82) is 0 Å². The second-order valence-corrected chi connectivity index (χ2v) is 8.89. The molecule has 0 fully saturated rings. The fraction of sp³-hybridized carbons (Fsp3) is 0.310. The molecule has 8 heteroatoms. The van der Waals surface area contributed by atoms with E-state index in [1.54, 1.807) is 24.0 Å². The van der Waals surface area contributed by atoms with Gasteiger partial charge in [-0.3, -0.25) is 9.69 Å². The smallest absolute Gasteiger partial charge is 0.414 e. The third-order valence-electron chi connectivity index (χ3n) is 6.59. The van der Waals surface area contributed by atoms with Crippen molar-refractivity contribution in [2.45, 2.75) is 32.2 Å². The predicted octanol–water partition coefficient (Wildman–Crippen LogP) is 5.78. The summed E-state index contributed by atoms with van der Waals surface area (Å²) >= 11 is 0. The minimum absolute atomic E-state index is 0.0239. The molecule has 0 aromatic heterocycles. The van der Waals surface area contributed by atoms with Crippen molar-refractivity contribution in [3.8, 4) is 22.6 Å². The lowest BCUT2D eigenvalue weighted by Gasteiger charge is -2.39. The number of methoxy groups -OCH3 is 2. The van der Waals surface area contributed by atoms with Crippen LogP contribution in [0.5, 0.6) is 11.5 Å². The summed E-state index contributed by atoms with van der Waals surface area (Å²) in [6, 6.07) is 17.4. The van der Waals surface area contributed by atoms with Gasteiger partial charge in [-0.1, -0.05) is 36.4 Å². The minimum atomic E-state index is -0.587. The molecule has 0 saturated heterocycles. The fourth-order valence-electron chi connectivity index (χ4n) is 4.79. The van der Waals surface area contributed by atoms with Crippen LogP contribution in [0.1, 0.15) is 42.1 Å². The van der Waals surface area contributed by atoms with Crippen LogP contribution in [0.3, 0.4) is 0 Å². The Kier molecular flexibility index (Phi) is 7.96. The van der Waals surface area contributed by atoms with Crippen molar-refractivity contribution in [1.82, 2.24) is 5.32 Å². The summed E-state index contributed by atoms with van der Waals surface area (Å²) in [5.41, 5.74) is 2.99. The van der Waals surface area contributed by atoms with Crippen molar-refractivity contribution < 1.29 is 28.2 Å². The van der Waals surface area contributed by atoms with Crippen LogP contribution in [0.2, 0.25) is 0 Å². The molecule has 1 heterocycles. The summed E-state index contributed by atoms with van der Waals surface area (Å²) in [5.74, 6) is -0.242. The molecular weight excluding hydrogens is 475 g/mol. The van der Waals surface area contributed by atoms with Crippen molar-refractivity contribution in [3.05, 3.63) is 77.6 Å². The van der Waals surface area contributed by atoms with Crippen molar-refractivity contribution in [2.24, 2.45) is 0 Å². The molecule has 1 aliphatic rings. The van der Waals surface area contributed by atoms with Crippen LogP contribution in [0, 0.1) is 5.82 Å². The topological polar surface area (TPSA) is 77.1 Å². The zero-order valence-corrected chi connectivity index (χ0v) is 21.4. The monoisotopic (exact) mass is 506 g/mol. The standard InChI is InChI=1S/C29H31FN2O5/c1-5-37-29(34)32-18(2)13-21(23-15-26(35-3)27(36-4)16-25(23)32)17-31-28(33)22-12-11-20(14-24(22)30)19-9-7-6-8-10-19/h6-12,14-16,18,21H,5,13,17H2,1-4H3,(H,31,33). The molecule has 2 amide bonds. The summed E-state index contributed by atoms with van der Waals surface area (Å²) in [5, 5.41) is 2.88. The highest BCUT2D eigenvalue weighted by atomic mass is 19.1. The molecule has 2 unspecified atom stereocenters. The van der Waals surface area contributed by atoms with E-state index < -0.39 is 17.8 Å². The number of hydrogen-bond acceptors (Lipinski definition) is 5. The maximum atomic E-state index is 14.9. The molecule has 4 rings (SSSR count). The maximum absolute atomic E-state index is 14.9. The SMILES string of the molecule is CCOC(=O)N1c2cc(OC)c(OC)cc2C(CNC(=O)c2ccc(-c3ccccc3)cc2F)CC1C. The molecule has 0 bridgehead atoms. The lowest BCUT2D eigenvalue weighted by Crippen LogP contribution is -2.45. The van der Waals surface area contributed by atoms with E-state index in [0.29, 0.717) is 29.2 Å². The summed E-state index contributed by atoms with van der Waals surface area (Å²) in [6.07, 6.45) is 0.114. The number of carbonyl (C=O) groups excluding carboxylic acids is 2. The van der Waals surface area contributed by atoms with Gasteiger partial charge in [0.15, 0.2) is 11.5 Å². The van der Waals surface area contributed by atoms with E-state index in [-0.39, 0.29) is 30.7 Å². The van der Waals surface area contributed by atoms with Gasteiger partial charge in [0, 0.05) is 24.6 Å². The molecule has 0 spiro atoms. The largest absolute Gasteiger partial charge is 0.493 e. The number of fused-ring (bicyclic) bond motifs is 1. The summed E-state index contributed by atoms with van der Waals surface area (Å²) in [7, 11) is 3.07. The third-order valence-corrected chi connectivity index (χ3v) is 6.59. The zero-order chi connectivity index (χ0) is 26.5. The van der Waals surface area contributed by atoms with Gasteiger partial charge in [0.05, 0.1) is 32.1 Å². The highest BCUT2D eigenvalue weighted by Crippen LogP contribution is 2.44. The number of anilines is 1. The Hall–Kier alpha value is -4.07.